The quantitative estimate of drug-likeness (QED) is 0.542. The van der Waals surface area contributed by atoms with Gasteiger partial charge < -0.3 is 10.4 Å². The second-order valence-corrected chi connectivity index (χ2v) is 5.40. The molecule has 1 unspecified atom stereocenters. The molecule has 0 radical (unpaired) electrons. The number of thioether (sulfide) groups is 1. The van der Waals surface area contributed by atoms with Gasteiger partial charge in [0.25, 0.3) is 0 Å². The van der Waals surface area contributed by atoms with Crippen molar-refractivity contribution in [2.24, 2.45) is 0 Å². The van der Waals surface area contributed by atoms with Gasteiger partial charge in [0.15, 0.2) is 0 Å². The van der Waals surface area contributed by atoms with Crippen LogP contribution in [0, 0.1) is 0 Å². The minimum absolute atomic E-state index is 0.232. The molecule has 108 valence electrons. The van der Waals surface area contributed by atoms with Crippen LogP contribution >= 0.6 is 11.8 Å². The zero-order valence-corrected chi connectivity index (χ0v) is 12.1. The molecule has 0 saturated heterocycles. The normalized spacial score (nSPS) is 11.6. The van der Waals surface area contributed by atoms with Crippen molar-refractivity contribution in [1.82, 2.24) is 5.32 Å². The van der Waals surface area contributed by atoms with Crippen molar-refractivity contribution >= 4 is 23.6 Å². The molecule has 0 saturated carbocycles. The lowest BCUT2D eigenvalue weighted by Gasteiger charge is -2.13. The number of benzene rings is 1. The van der Waals surface area contributed by atoms with Crippen LogP contribution in [0.15, 0.2) is 47.9 Å². The van der Waals surface area contributed by atoms with E-state index in [1.165, 1.54) is 0 Å². The Morgan fingerprint density at radius 2 is 2.05 bits per heavy atom. The summed E-state index contributed by atoms with van der Waals surface area (Å²) >= 11 is 1.58. The van der Waals surface area contributed by atoms with Gasteiger partial charge in [-0.05, 0) is 25.0 Å². The van der Waals surface area contributed by atoms with Gasteiger partial charge in [0, 0.05) is 17.1 Å². The van der Waals surface area contributed by atoms with Gasteiger partial charge in [-0.2, -0.15) is 0 Å². The summed E-state index contributed by atoms with van der Waals surface area (Å²) in [6.45, 7) is 3.55. The summed E-state index contributed by atoms with van der Waals surface area (Å²) in [5.41, 5.74) is 0. The number of nitrogens with one attached hydrogen (secondary N) is 1. The Bertz CT molecular complexity index is 448. The highest BCUT2D eigenvalue weighted by atomic mass is 32.2. The van der Waals surface area contributed by atoms with Gasteiger partial charge in [-0.25, -0.2) is 4.79 Å². The fourth-order valence-corrected chi connectivity index (χ4v) is 2.46. The number of rotatable bonds is 9. The zero-order valence-electron chi connectivity index (χ0n) is 11.2. The van der Waals surface area contributed by atoms with Crippen LogP contribution in [0.3, 0.4) is 0 Å². The highest BCUT2D eigenvalue weighted by Crippen LogP contribution is 2.17. The summed E-state index contributed by atoms with van der Waals surface area (Å²) in [5.74, 6) is -0.607. The van der Waals surface area contributed by atoms with Gasteiger partial charge in [-0.15, -0.1) is 18.3 Å². The summed E-state index contributed by atoms with van der Waals surface area (Å²) in [6, 6.07) is 8.95. The number of carboxylic acids is 1. The second-order valence-electron chi connectivity index (χ2n) is 4.24. The molecule has 1 aromatic rings. The van der Waals surface area contributed by atoms with Crippen molar-refractivity contribution in [1.29, 1.82) is 0 Å². The van der Waals surface area contributed by atoms with E-state index in [9.17, 15) is 9.59 Å². The first-order valence-electron chi connectivity index (χ1n) is 6.44. The van der Waals surface area contributed by atoms with Crippen molar-refractivity contribution in [3.8, 4) is 0 Å². The number of carboxylic acid groups (broad SMARTS) is 1. The van der Waals surface area contributed by atoms with Crippen molar-refractivity contribution in [2.45, 2.75) is 30.2 Å². The first-order valence-corrected chi connectivity index (χ1v) is 7.43. The van der Waals surface area contributed by atoms with E-state index in [1.54, 1.807) is 17.8 Å². The van der Waals surface area contributed by atoms with Crippen LogP contribution in [0.4, 0.5) is 0 Å². The summed E-state index contributed by atoms with van der Waals surface area (Å²) in [7, 11) is 0. The van der Waals surface area contributed by atoms with Gasteiger partial charge in [-0.1, -0.05) is 24.3 Å². The lowest BCUT2D eigenvalue weighted by atomic mass is 10.1. The molecule has 1 atom stereocenters. The van der Waals surface area contributed by atoms with Crippen LogP contribution in [0.2, 0.25) is 0 Å². The molecule has 0 aliphatic heterocycles. The molecule has 20 heavy (non-hydrogen) atoms. The Morgan fingerprint density at radius 3 is 2.65 bits per heavy atom. The van der Waals surface area contributed by atoms with E-state index in [1.807, 2.05) is 30.3 Å². The highest BCUT2D eigenvalue weighted by Gasteiger charge is 2.18. The molecular weight excluding hydrogens is 274 g/mol. The SMILES string of the molecule is C=CCCC(NC(=O)CCSc1ccccc1)C(=O)O. The average molecular weight is 293 g/mol. The number of hydrogen-bond donors (Lipinski definition) is 2. The van der Waals surface area contributed by atoms with Gasteiger partial charge in [0.2, 0.25) is 5.91 Å². The molecule has 0 aliphatic carbocycles. The molecule has 0 heterocycles. The molecule has 0 spiro atoms. The van der Waals surface area contributed by atoms with Crippen molar-refractivity contribution in [3.05, 3.63) is 43.0 Å². The molecule has 2 N–H and O–H groups in total. The molecule has 0 fully saturated rings. The smallest absolute Gasteiger partial charge is 0.326 e. The Labute approximate surface area is 123 Å². The lowest BCUT2D eigenvalue weighted by Crippen LogP contribution is -2.40. The summed E-state index contributed by atoms with van der Waals surface area (Å²) in [6.07, 6.45) is 2.89. The Kier molecular flexibility index (Phi) is 7.50. The standard InChI is InChI=1S/C15H19NO3S/c1-2-3-9-13(15(18)19)16-14(17)10-11-20-12-7-5-4-6-8-12/h2,4-8,13H,1,3,9-11H2,(H,16,17)(H,18,19). The van der Waals surface area contributed by atoms with Gasteiger partial charge in [0.1, 0.15) is 6.04 Å². The van der Waals surface area contributed by atoms with Crippen LogP contribution < -0.4 is 5.32 Å². The Balaban J connectivity index is 2.31. The van der Waals surface area contributed by atoms with E-state index >= 15 is 0 Å². The molecule has 0 aliphatic rings. The van der Waals surface area contributed by atoms with E-state index in [2.05, 4.69) is 11.9 Å². The fourth-order valence-electron chi connectivity index (χ4n) is 1.59. The topological polar surface area (TPSA) is 66.4 Å². The third kappa shape index (κ3) is 6.43. The number of allylic oxidation sites excluding steroid dienone is 1. The second kappa shape index (κ2) is 9.20. The molecule has 5 heteroatoms. The molecule has 0 bridgehead atoms. The number of aliphatic carboxylic acids is 1. The van der Waals surface area contributed by atoms with Gasteiger partial charge in [0.05, 0.1) is 0 Å². The number of hydrogen-bond acceptors (Lipinski definition) is 3. The summed E-state index contributed by atoms with van der Waals surface area (Å²) in [5, 5.41) is 11.5. The molecule has 0 aromatic heterocycles. The average Bonchev–Trinajstić information content (AvgIpc) is 2.44. The third-order valence-corrected chi connectivity index (χ3v) is 3.65. The van der Waals surface area contributed by atoms with E-state index in [4.69, 9.17) is 5.11 Å². The number of carbonyl (C=O) groups is 2. The van der Waals surface area contributed by atoms with Crippen LogP contribution in [-0.4, -0.2) is 28.8 Å². The fraction of sp³-hybridized carbons (Fsp3) is 0.333. The number of amides is 1. The molecule has 4 nitrogen and oxygen atoms in total. The summed E-state index contributed by atoms with van der Waals surface area (Å²) < 4.78 is 0. The molecule has 1 rings (SSSR count). The zero-order chi connectivity index (χ0) is 14.8. The number of carbonyl (C=O) groups excluding carboxylic acids is 1. The minimum atomic E-state index is -1.00. The van der Waals surface area contributed by atoms with Crippen molar-refractivity contribution in [3.63, 3.8) is 0 Å². The maximum Gasteiger partial charge on any atom is 0.326 e. The minimum Gasteiger partial charge on any atom is -0.480 e. The maximum atomic E-state index is 11.7. The van der Waals surface area contributed by atoms with E-state index in [0.29, 0.717) is 25.0 Å². The van der Waals surface area contributed by atoms with Gasteiger partial charge >= 0.3 is 5.97 Å². The van der Waals surface area contributed by atoms with Crippen LogP contribution in [0.1, 0.15) is 19.3 Å². The third-order valence-electron chi connectivity index (χ3n) is 2.63. The van der Waals surface area contributed by atoms with E-state index in [-0.39, 0.29) is 5.91 Å². The van der Waals surface area contributed by atoms with Crippen molar-refractivity contribution in [2.75, 3.05) is 5.75 Å². The Morgan fingerprint density at radius 1 is 1.35 bits per heavy atom. The van der Waals surface area contributed by atoms with E-state index < -0.39 is 12.0 Å². The van der Waals surface area contributed by atoms with Crippen LogP contribution in [0.25, 0.3) is 0 Å². The Hall–Kier alpha value is -1.75. The largest absolute Gasteiger partial charge is 0.480 e. The predicted molar refractivity (Wildman–Crippen MR) is 80.8 cm³/mol. The van der Waals surface area contributed by atoms with E-state index in [0.717, 1.165) is 4.90 Å². The maximum absolute atomic E-state index is 11.7. The molecule has 1 aromatic carbocycles. The first-order chi connectivity index (χ1) is 9.63. The van der Waals surface area contributed by atoms with Crippen LogP contribution in [-0.2, 0) is 9.59 Å². The molecular formula is C15H19NO3S. The summed E-state index contributed by atoms with van der Waals surface area (Å²) in [4.78, 5) is 23.8. The first kappa shape index (κ1) is 16.3. The van der Waals surface area contributed by atoms with Gasteiger partial charge in [-0.3, -0.25) is 4.79 Å². The molecule has 1 amide bonds. The lowest BCUT2D eigenvalue weighted by molar-refractivity contribution is -0.141. The predicted octanol–water partition coefficient (Wildman–Crippen LogP) is 2.70. The van der Waals surface area contributed by atoms with Crippen LogP contribution in [0.5, 0.6) is 0 Å². The van der Waals surface area contributed by atoms with Crippen molar-refractivity contribution < 1.29 is 14.7 Å². The highest BCUT2D eigenvalue weighted by molar-refractivity contribution is 7.99. The monoisotopic (exact) mass is 293 g/mol.